The van der Waals surface area contributed by atoms with Gasteiger partial charge in [0.1, 0.15) is 18.0 Å². The van der Waals surface area contributed by atoms with Crippen LogP contribution in [0.15, 0.2) is 58.1 Å². The monoisotopic (exact) mass is 451 g/mol. The summed E-state index contributed by atoms with van der Waals surface area (Å²) in [5.74, 6) is 5.60. The van der Waals surface area contributed by atoms with Crippen LogP contribution >= 0.6 is 0 Å². The van der Waals surface area contributed by atoms with E-state index in [1.165, 1.54) is 30.5 Å². The highest BCUT2D eigenvalue weighted by Crippen LogP contribution is 2.28. The average Bonchev–Trinajstić information content (AvgIpc) is 3.45. The molecule has 1 fully saturated rings. The Morgan fingerprint density at radius 3 is 2.61 bits per heavy atom. The van der Waals surface area contributed by atoms with Crippen molar-refractivity contribution in [2.75, 3.05) is 26.3 Å². The van der Waals surface area contributed by atoms with E-state index in [1.54, 1.807) is 0 Å². The largest absolute Gasteiger partial charge is 0.461 e. The number of rotatable bonds is 8. The molecule has 0 unspecified atom stereocenters. The first-order valence-corrected chi connectivity index (χ1v) is 11.9. The lowest BCUT2D eigenvalue weighted by Gasteiger charge is -2.19. The van der Waals surface area contributed by atoms with Crippen LogP contribution in [0.2, 0.25) is 0 Å². The second-order valence-electron chi connectivity index (χ2n) is 8.37. The van der Waals surface area contributed by atoms with Crippen molar-refractivity contribution >= 4 is 16.7 Å². The molecular formula is C27H37N3O3. The summed E-state index contributed by atoms with van der Waals surface area (Å²) in [6.45, 7) is 11.5. The van der Waals surface area contributed by atoms with Gasteiger partial charge in [0.25, 0.3) is 0 Å². The number of furan rings is 1. The third kappa shape index (κ3) is 6.90. The van der Waals surface area contributed by atoms with Crippen molar-refractivity contribution in [2.24, 2.45) is 11.1 Å². The van der Waals surface area contributed by atoms with Gasteiger partial charge in [0.15, 0.2) is 0 Å². The molecule has 0 aliphatic carbocycles. The molecule has 2 heterocycles. The van der Waals surface area contributed by atoms with Crippen molar-refractivity contribution in [1.29, 1.82) is 0 Å². The fraction of sp³-hybridized carbons (Fsp3) is 0.444. The lowest BCUT2D eigenvalue weighted by molar-refractivity contribution is 0.152. The first kappa shape index (κ1) is 25.0. The Kier molecular flexibility index (Phi) is 9.48. The number of fused-ring (bicyclic) bond motifs is 1. The topological polar surface area (TPSA) is 73.2 Å². The Morgan fingerprint density at radius 1 is 1.12 bits per heavy atom. The van der Waals surface area contributed by atoms with Gasteiger partial charge in [-0.1, -0.05) is 29.4 Å². The Labute approximate surface area is 197 Å². The van der Waals surface area contributed by atoms with Gasteiger partial charge in [0.2, 0.25) is 0 Å². The molecule has 1 saturated heterocycles. The van der Waals surface area contributed by atoms with E-state index < -0.39 is 0 Å². The summed E-state index contributed by atoms with van der Waals surface area (Å²) in [6.07, 6.45) is 3.60. The molecule has 0 bridgehead atoms. The Hall–Kier alpha value is -2.67. The van der Waals surface area contributed by atoms with Crippen LogP contribution in [0.3, 0.4) is 0 Å². The molecule has 1 aliphatic rings. The van der Waals surface area contributed by atoms with Gasteiger partial charge in [-0.3, -0.25) is 0 Å². The lowest BCUT2D eigenvalue weighted by atomic mass is 10.0. The SMILES string of the molecule is CCON.CCON=C(C)c1cccc(-c2ccc3oc(CCN4CCC[C@H]4C)cc3c2)c1. The summed E-state index contributed by atoms with van der Waals surface area (Å²) >= 11 is 0. The van der Waals surface area contributed by atoms with E-state index in [-0.39, 0.29) is 0 Å². The van der Waals surface area contributed by atoms with E-state index in [0.717, 1.165) is 41.0 Å². The third-order valence-corrected chi connectivity index (χ3v) is 6.01. The van der Waals surface area contributed by atoms with Gasteiger partial charge >= 0.3 is 0 Å². The molecular weight excluding hydrogens is 414 g/mol. The molecule has 6 nitrogen and oxygen atoms in total. The van der Waals surface area contributed by atoms with Gasteiger partial charge in [-0.05, 0) is 88.0 Å². The Bertz CT molecular complexity index is 1040. The van der Waals surface area contributed by atoms with Crippen LogP contribution in [-0.2, 0) is 16.1 Å². The van der Waals surface area contributed by atoms with Crippen molar-refractivity contribution in [1.82, 2.24) is 4.90 Å². The highest BCUT2D eigenvalue weighted by atomic mass is 16.6. The molecule has 1 atom stereocenters. The highest BCUT2D eigenvalue weighted by Gasteiger charge is 2.20. The lowest BCUT2D eigenvalue weighted by Crippen LogP contribution is -2.28. The fourth-order valence-electron chi connectivity index (χ4n) is 4.12. The zero-order chi connectivity index (χ0) is 23.6. The van der Waals surface area contributed by atoms with Crippen molar-refractivity contribution < 1.29 is 14.1 Å². The molecule has 178 valence electrons. The summed E-state index contributed by atoms with van der Waals surface area (Å²) in [4.78, 5) is 11.8. The molecule has 2 aromatic carbocycles. The summed E-state index contributed by atoms with van der Waals surface area (Å²) < 4.78 is 6.10. The molecule has 0 amide bonds. The minimum Gasteiger partial charge on any atom is -0.461 e. The zero-order valence-corrected chi connectivity index (χ0v) is 20.3. The van der Waals surface area contributed by atoms with Gasteiger partial charge in [0, 0.05) is 24.4 Å². The quantitative estimate of drug-likeness (QED) is 0.347. The van der Waals surface area contributed by atoms with Gasteiger partial charge in [-0.25, -0.2) is 5.90 Å². The normalized spacial score (nSPS) is 16.6. The van der Waals surface area contributed by atoms with E-state index in [4.69, 9.17) is 9.25 Å². The van der Waals surface area contributed by atoms with Gasteiger partial charge in [-0.2, -0.15) is 0 Å². The molecule has 3 aromatic rings. The molecule has 0 saturated carbocycles. The average molecular weight is 452 g/mol. The second kappa shape index (κ2) is 12.5. The predicted octanol–water partition coefficient (Wildman–Crippen LogP) is 5.78. The smallest absolute Gasteiger partial charge is 0.134 e. The predicted molar refractivity (Wildman–Crippen MR) is 135 cm³/mol. The van der Waals surface area contributed by atoms with Crippen LogP contribution in [0.25, 0.3) is 22.1 Å². The Balaban J connectivity index is 0.000000709. The molecule has 0 radical (unpaired) electrons. The molecule has 1 aliphatic heterocycles. The van der Waals surface area contributed by atoms with Crippen LogP contribution < -0.4 is 5.90 Å². The van der Waals surface area contributed by atoms with Gasteiger partial charge in [0.05, 0.1) is 12.3 Å². The second-order valence-corrected chi connectivity index (χ2v) is 8.37. The maximum Gasteiger partial charge on any atom is 0.134 e. The zero-order valence-electron chi connectivity index (χ0n) is 20.3. The number of benzene rings is 2. The standard InChI is InChI=1S/C25H30N2O2.C2H7NO/c1-4-28-26-19(3)20-8-5-9-21(15-20)22-10-11-25-23(16-22)17-24(29-25)12-14-27-13-6-7-18(27)2;1-2-4-3/h5,8-11,15-18H,4,6-7,12-14H2,1-3H3;2-3H2,1H3/t18-;/m1./s1. The molecule has 2 N–H and O–H groups in total. The summed E-state index contributed by atoms with van der Waals surface area (Å²) in [5.41, 5.74) is 5.27. The van der Waals surface area contributed by atoms with Crippen molar-refractivity contribution in [3.05, 3.63) is 59.9 Å². The van der Waals surface area contributed by atoms with Gasteiger partial charge in [-0.15, -0.1) is 0 Å². The van der Waals surface area contributed by atoms with Crippen LogP contribution in [0.5, 0.6) is 0 Å². The first-order valence-electron chi connectivity index (χ1n) is 11.9. The van der Waals surface area contributed by atoms with E-state index in [9.17, 15) is 0 Å². The minimum absolute atomic E-state index is 0.577. The minimum atomic E-state index is 0.577. The fourth-order valence-corrected chi connectivity index (χ4v) is 4.12. The van der Waals surface area contributed by atoms with E-state index in [1.807, 2.05) is 20.8 Å². The molecule has 1 aromatic heterocycles. The van der Waals surface area contributed by atoms with Crippen LogP contribution in [-0.4, -0.2) is 43.0 Å². The van der Waals surface area contributed by atoms with E-state index >= 15 is 0 Å². The van der Waals surface area contributed by atoms with E-state index in [2.05, 4.69) is 76.2 Å². The summed E-state index contributed by atoms with van der Waals surface area (Å²) in [7, 11) is 0. The number of hydrogen-bond acceptors (Lipinski definition) is 6. The number of nitrogens with two attached hydrogens (primary N) is 1. The van der Waals surface area contributed by atoms with Crippen molar-refractivity contribution in [2.45, 2.75) is 53.0 Å². The Morgan fingerprint density at radius 2 is 1.91 bits per heavy atom. The summed E-state index contributed by atoms with van der Waals surface area (Å²) in [5, 5.41) is 5.32. The summed E-state index contributed by atoms with van der Waals surface area (Å²) in [6, 6.07) is 17.8. The van der Waals surface area contributed by atoms with Crippen LogP contribution in [0.1, 0.15) is 51.9 Å². The van der Waals surface area contributed by atoms with Crippen LogP contribution in [0, 0.1) is 0 Å². The molecule has 0 spiro atoms. The maximum atomic E-state index is 6.10. The molecule has 4 rings (SSSR count). The van der Waals surface area contributed by atoms with Gasteiger partial charge < -0.3 is 19.0 Å². The highest BCUT2D eigenvalue weighted by molar-refractivity contribution is 5.99. The van der Waals surface area contributed by atoms with Crippen molar-refractivity contribution in [3.63, 3.8) is 0 Å². The molecule has 6 heteroatoms. The number of oxime groups is 1. The maximum absolute atomic E-state index is 6.10. The van der Waals surface area contributed by atoms with Crippen LogP contribution in [0.4, 0.5) is 0 Å². The molecule has 33 heavy (non-hydrogen) atoms. The third-order valence-electron chi connectivity index (χ3n) is 6.01. The van der Waals surface area contributed by atoms with Crippen molar-refractivity contribution in [3.8, 4) is 11.1 Å². The van der Waals surface area contributed by atoms with E-state index in [0.29, 0.717) is 19.3 Å². The number of nitrogens with zero attached hydrogens (tertiary/aromatic N) is 2. The number of likely N-dealkylation sites (tertiary alicyclic amines) is 1. The first-order chi connectivity index (χ1) is 16.0. The number of hydrogen-bond donors (Lipinski definition) is 1.